The fourth-order valence-corrected chi connectivity index (χ4v) is 7.50. The van der Waals surface area contributed by atoms with Gasteiger partial charge in [-0.25, -0.2) is 9.97 Å². The predicted molar refractivity (Wildman–Crippen MR) is 199 cm³/mol. The second-order valence-corrected chi connectivity index (χ2v) is 12.2. The lowest BCUT2D eigenvalue weighted by atomic mass is 9.99. The third-order valence-corrected chi connectivity index (χ3v) is 9.54. The maximum atomic E-state index is 5.42. The Morgan fingerprint density at radius 1 is 0.396 bits per heavy atom. The van der Waals surface area contributed by atoms with Crippen LogP contribution in [0.2, 0.25) is 0 Å². The number of benzene rings is 7. The van der Waals surface area contributed by atoms with Crippen LogP contribution < -0.4 is 0 Å². The standard InChI is InChI=1S/C44H28N4/c1-3-14-29(15-4-1)43-46-40-36-22-9-7-20-34(36)35-21-8-10-23-37(35)42(40)48(43)32-19-11-16-30(28-32)33-24-12-25-38-39-26-13-27-45-44(39)47(41(33)38)31-17-5-2-6-18-31/h1-28H. The van der Waals surface area contributed by atoms with E-state index >= 15 is 0 Å². The minimum absolute atomic E-state index is 0.921. The second kappa shape index (κ2) is 10.5. The zero-order valence-electron chi connectivity index (χ0n) is 26.0. The van der Waals surface area contributed by atoms with Crippen molar-refractivity contribution in [1.29, 1.82) is 0 Å². The largest absolute Gasteiger partial charge is 0.293 e. The zero-order valence-corrected chi connectivity index (χ0v) is 26.0. The Bertz CT molecular complexity index is 2830. The fraction of sp³-hybridized carbons (Fsp3) is 0. The number of hydrogen-bond acceptors (Lipinski definition) is 2. The first kappa shape index (κ1) is 26.7. The van der Waals surface area contributed by atoms with Gasteiger partial charge in [0.2, 0.25) is 0 Å². The van der Waals surface area contributed by atoms with Crippen molar-refractivity contribution >= 4 is 54.5 Å². The number of pyridine rings is 1. The first-order chi connectivity index (χ1) is 23.8. The molecule has 0 saturated carbocycles. The number of rotatable bonds is 4. The summed E-state index contributed by atoms with van der Waals surface area (Å²) in [7, 11) is 0. The molecule has 10 rings (SSSR count). The monoisotopic (exact) mass is 612 g/mol. The molecular formula is C44H28N4. The van der Waals surface area contributed by atoms with Crippen LogP contribution >= 0.6 is 0 Å². The molecule has 3 aromatic heterocycles. The molecule has 0 aliphatic carbocycles. The average Bonchev–Trinajstić information content (AvgIpc) is 3.73. The van der Waals surface area contributed by atoms with Gasteiger partial charge in [-0.05, 0) is 52.7 Å². The summed E-state index contributed by atoms with van der Waals surface area (Å²) < 4.78 is 4.66. The zero-order chi connectivity index (χ0) is 31.6. The van der Waals surface area contributed by atoms with E-state index in [4.69, 9.17) is 9.97 Å². The van der Waals surface area contributed by atoms with Crippen molar-refractivity contribution < 1.29 is 0 Å². The molecule has 3 heterocycles. The maximum Gasteiger partial charge on any atom is 0.145 e. The minimum Gasteiger partial charge on any atom is -0.293 e. The Hall–Kier alpha value is -6.52. The SMILES string of the molecule is c1ccc(-c2nc3c4ccccc4c4ccccc4c3n2-c2cccc(-c3cccc4c5cccnc5n(-c5ccccc5)c34)c2)cc1. The van der Waals surface area contributed by atoms with Crippen molar-refractivity contribution in [3.8, 4) is 33.9 Å². The number of fused-ring (bicyclic) bond motifs is 9. The van der Waals surface area contributed by atoms with Crippen LogP contribution in [0.3, 0.4) is 0 Å². The number of imidazole rings is 1. The summed E-state index contributed by atoms with van der Waals surface area (Å²) in [6.07, 6.45) is 1.88. The smallest absolute Gasteiger partial charge is 0.145 e. The highest BCUT2D eigenvalue weighted by atomic mass is 15.1. The average molecular weight is 613 g/mol. The van der Waals surface area contributed by atoms with Gasteiger partial charge in [-0.3, -0.25) is 9.13 Å². The topological polar surface area (TPSA) is 35.6 Å². The lowest BCUT2D eigenvalue weighted by Crippen LogP contribution is -1.99. The summed E-state index contributed by atoms with van der Waals surface area (Å²) in [6.45, 7) is 0. The van der Waals surface area contributed by atoms with Crippen molar-refractivity contribution in [1.82, 2.24) is 19.1 Å². The van der Waals surface area contributed by atoms with Gasteiger partial charge in [-0.1, -0.05) is 127 Å². The fourth-order valence-electron chi connectivity index (χ4n) is 7.50. The Morgan fingerprint density at radius 2 is 0.979 bits per heavy atom. The van der Waals surface area contributed by atoms with Crippen LogP contribution in [0, 0.1) is 0 Å². The van der Waals surface area contributed by atoms with Crippen LogP contribution in [-0.4, -0.2) is 19.1 Å². The first-order valence-corrected chi connectivity index (χ1v) is 16.3. The molecule has 0 bridgehead atoms. The molecule has 224 valence electrons. The van der Waals surface area contributed by atoms with Gasteiger partial charge in [0.05, 0.1) is 16.6 Å². The van der Waals surface area contributed by atoms with Crippen molar-refractivity contribution in [2.45, 2.75) is 0 Å². The van der Waals surface area contributed by atoms with E-state index in [1.54, 1.807) is 0 Å². The molecule has 0 amide bonds. The molecule has 0 spiro atoms. The number of para-hydroxylation sites is 2. The highest BCUT2D eigenvalue weighted by Gasteiger charge is 2.21. The summed E-state index contributed by atoms with van der Waals surface area (Å²) >= 11 is 0. The van der Waals surface area contributed by atoms with Crippen LogP contribution in [0.25, 0.3) is 88.4 Å². The molecule has 48 heavy (non-hydrogen) atoms. The van der Waals surface area contributed by atoms with Gasteiger partial charge in [-0.2, -0.15) is 0 Å². The van der Waals surface area contributed by atoms with Crippen LogP contribution in [0.1, 0.15) is 0 Å². The van der Waals surface area contributed by atoms with Crippen molar-refractivity contribution in [2.24, 2.45) is 0 Å². The Labute approximate surface area is 276 Å². The van der Waals surface area contributed by atoms with Crippen LogP contribution in [0.5, 0.6) is 0 Å². The first-order valence-electron chi connectivity index (χ1n) is 16.3. The van der Waals surface area contributed by atoms with Gasteiger partial charge in [0.15, 0.2) is 0 Å². The molecule has 0 N–H and O–H groups in total. The van der Waals surface area contributed by atoms with E-state index < -0.39 is 0 Å². The normalized spacial score (nSPS) is 11.8. The third kappa shape index (κ3) is 3.90. The summed E-state index contributed by atoms with van der Waals surface area (Å²) in [6, 6.07) is 58.1. The third-order valence-electron chi connectivity index (χ3n) is 9.54. The Morgan fingerprint density at radius 3 is 1.79 bits per heavy atom. The molecular weight excluding hydrogens is 585 g/mol. The molecule has 4 nitrogen and oxygen atoms in total. The molecule has 0 radical (unpaired) electrons. The van der Waals surface area contributed by atoms with E-state index in [1.807, 2.05) is 12.3 Å². The Kier molecular flexibility index (Phi) is 5.84. The molecule has 0 fully saturated rings. The quantitative estimate of drug-likeness (QED) is 0.185. The number of hydrogen-bond donors (Lipinski definition) is 0. The van der Waals surface area contributed by atoms with Gasteiger partial charge < -0.3 is 0 Å². The summed E-state index contributed by atoms with van der Waals surface area (Å²) in [5.41, 5.74) is 9.72. The molecule has 0 atom stereocenters. The minimum atomic E-state index is 0.921. The number of nitrogens with zero attached hydrogens (tertiary/aromatic N) is 4. The van der Waals surface area contributed by atoms with Crippen LogP contribution in [0.4, 0.5) is 0 Å². The molecule has 0 saturated heterocycles. The van der Waals surface area contributed by atoms with E-state index in [2.05, 4.69) is 167 Å². The van der Waals surface area contributed by atoms with E-state index in [9.17, 15) is 0 Å². The van der Waals surface area contributed by atoms with Crippen LogP contribution in [0.15, 0.2) is 170 Å². The van der Waals surface area contributed by atoms with E-state index in [0.717, 1.165) is 66.9 Å². The number of aromatic nitrogens is 4. The Balaban J connectivity index is 1.30. The molecule has 10 aromatic rings. The van der Waals surface area contributed by atoms with Gasteiger partial charge in [-0.15, -0.1) is 0 Å². The van der Waals surface area contributed by atoms with E-state index in [0.29, 0.717) is 0 Å². The lowest BCUT2D eigenvalue weighted by Gasteiger charge is -2.15. The van der Waals surface area contributed by atoms with E-state index in [-0.39, 0.29) is 0 Å². The lowest BCUT2D eigenvalue weighted by molar-refractivity contribution is 1.11. The van der Waals surface area contributed by atoms with Crippen LogP contribution in [-0.2, 0) is 0 Å². The predicted octanol–water partition coefficient (Wildman–Crippen LogP) is 11.2. The molecule has 7 aromatic carbocycles. The summed E-state index contributed by atoms with van der Waals surface area (Å²) in [5, 5.41) is 7.10. The molecule has 4 heteroatoms. The molecule has 0 aliphatic heterocycles. The van der Waals surface area contributed by atoms with Gasteiger partial charge >= 0.3 is 0 Å². The summed E-state index contributed by atoms with van der Waals surface area (Å²) in [5.74, 6) is 0.921. The highest BCUT2D eigenvalue weighted by Crippen LogP contribution is 2.41. The molecule has 0 aliphatic rings. The van der Waals surface area contributed by atoms with Crippen molar-refractivity contribution in [3.05, 3.63) is 170 Å². The van der Waals surface area contributed by atoms with Gasteiger partial charge in [0.25, 0.3) is 0 Å². The molecule has 0 unspecified atom stereocenters. The second-order valence-electron chi connectivity index (χ2n) is 12.2. The van der Waals surface area contributed by atoms with Gasteiger partial charge in [0, 0.05) is 50.2 Å². The van der Waals surface area contributed by atoms with Crippen molar-refractivity contribution in [2.75, 3.05) is 0 Å². The van der Waals surface area contributed by atoms with Gasteiger partial charge in [0.1, 0.15) is 11.5 Å². The van der Waals surface area contributed by atoms with Crippen molar-refractivity contribution in [3.63, 3.8) is 0 Å². The van der Waals surface area contributed by atoms with E-state index in [1.165, 1.54) is 21.5 Å². The summed E-state index contributed by atoms with van der Waals surface area (Å²) in [4.78, 5) is 10.3. The highest BCUT2D eigenvalue weighted by molar-refractivity contribution is 6.24. The maximum absolute atomic E-state index is 5.42.